The van der Waals surface area contributed by atoms with E-state index in [0.29, 0.717) is 10.8 Å². The van der Waals surface area contributed by atoms with Gasteiger partial charge in [0.1, 0.15) is 5.04 Å². The number of nitrogens with zero attached hydrogens (tertiary/aromatic N) is 1. The summed E-state index contributed by atoms with van der Waals surface area (Å²) < 4.78 is 0. The van der Waals surface area contributed by atoms with Gasteiger partial charge in [-0.15, -0.1) is 0 Å². The first kappa shape index (κ1) is 9.55. The lowest BCUT2D eigenvalue weighted by molar-refractivity contribution is -0.118. The van der Waals surface area contributed by atoms with Crippen LogP contribution in [0, 0.1) is 0 Å². The highest BCUT2D eigenvalue weighted by Gasteiger charge is 2.13. The molecule has 14 heavy (non-hydrogen) atoms. The molecule has 1 aliphatic rings. The predicted molar refractivity (Wildman–Crippen MR) is 58.6 cm³/mol. The molecule has 1 amide bonds. The molecule has 0 bridgehead atoms. The van der Waals surface area contributed by atoms with E-state index in [1.54, 1.807) is 12.1 Å². The van der Waals surface area contributed by atoms with Crippen molar-refractivity contribution in [2.24, 2.45) is 5.10 Å². The van der Waals surface area contributed by atoms with E-state index in [-0.39, 0.29) is 5.91 Å². The zero-order valence-electron chi connectivity index (χ0n) is 7.16. The molecule has 0 atom stereocenters. The molecule has 1 aliphatic heterocycles. The second-order valence-corrected chi connectivity index (χ2v) is 4.15. The van der Waals surface area contributed by atoms with Crippen molar-refractivity contribution in [2.45, 2.75) is 0 Å². The van der Waals surface area contributed by atoms with Crippen LogP contribution in [-0.2, 0) is 4.79 Å². The first-order valence-corrected chi connectivity index (χ1v) is 5.37. The van der Waals surface area contributed by atoms with Crippen molar-refractivity contribution in [3.8, 4) is 0 Å². The van der Waals surface area contributed by atoms with Crippen LogP contribution in [0.15, 0.2) is 29.4 Å². The summed E-state index contributed by atoms with van der Waals surface area (Å²) in [4.78, 5) is 10.8. The largest absolute Gasteiger partial charge is 0.272 e. The highest BCUT2D eigenvalue weighted by atomic mass is 35.5. The Hall–Kier alpha value is -1.00. The Morgan fingerprint density at radius 3 is 2.64 bits per heavy atom. The number of hydrazone groups is 1. The average molecular weight is 227 g/mol. The second kappa shape index (κ2) is 4.02. The molecule has 1 N–H and O–H groups in total. The van der Waals surface area contributed by atoms with Crippen molar-refractivity contribution in [2.75, 3.05) is 5.75 Å². The van der Waals surface area contributed by atoms with Crippen molar-refractivity contribution in [3.05, 3.63) is 34.9 Å². The fourth-order valence-electron chi connectivity index (χ4n) is 1.05. The minimum atomic E-state index is -0.0623. The SMILES string of the molecule is O=C1CSC(c2ccc(Cl)cc2)=NN1. The standard InChI is InChI=1S/C9H7ClN2OS/c10-7-3-1-6(2-4-7)9-12-11-8(13)5-14-9/h1-4H,5H2,(H,11,13). The first-order chi connectivity index (χ1) is 6.75. The summed E-state index contributed by atoms with van der Waals surface area (Å²) in [6, 6.07) is 7.37. The highest BCUT2D eigenvalue weighted by Crippen LogP contribution is 2.18. The minimum Gasteiger partial charge on any atom is -0.272 e. The number of benzene rings is 1. The maximum absolute atomic E-state index is 10.8. The Labute approximate surface area is 90.5 Å². The molecule has 0 saturated carbocycles. The van der Waals surface area contributed by atoms with Crippen LogP contribution in [-0.4, -0.2) is 16.7 Å². The Morgan fingerprint density at radius 1 is 1.36 bits per heavy atom. The van der Waals surface area contributed by atoms with Gasteiger partial charge in [-0.05, 0) is 12.1 Å². The Bertz CT molecular complexity index is 388. The van der Waals surface area contributed by atoms with Gasteiger partial charge in [-0.1, -0.05) is 35.5 Å². The highest BCUT2D eigenvalue weighted by molar-refractivity contribution is 8.15. The molecule has 72 valence electrons. The zero-order valence-corrected chi connectivity index (χ0v) is 8.73. The molecule has 0 aliphatic carbocycles. The van der Waals surface area contributed by atoms with E-state index in [9.17, 15) is 4.79 Å². The predicted octanol–water partition coefficient (Wildman–Crippen LogP) is 1.86. The van der Waals surface area contributed by atoms with Crippen molar-refractivity contribution < 1.29 is 4.79 Å². The molecule has 0 unspecified atom stereocenters. The monoisotopic (exact) mass is 226 g/mol. The van der Waals surface area contributed by atoms with Crippen LogP contribution in [0.4, 0.5) is 0 Å². The molecule has 1 aromatic rings. The second-order valence-electron chi connectivity index (χ2n) is 2.75. The summed E-state index contributed by atoms with van der Waals surface area (Å²) in [5, 5.41) is 5.46. The summed E-state index contributed by atoms with van der Waals surface area (Å²) in [5.41, 5.74) is 3.41. The number of hydrogen-bond donors (Lipinski definition) is 1. The number of hydrogen-bond acceptors (Lipinski definition) is 3. The van der Waals surface area contributed by atoms with Gasteiger partial charge in [-0.25, -0.2) is 5.43 Å². The maximum atomic E-state index is 10.8. The van der Waals surface area contributed by atoms with Crippen LogP contribution in [0.5, 0.6) is 0 Å². The van der Waals surface area contributed by atoms with Crippen molar-refractivity contribution in [1.82, 2.24) is 5.43 Å². The molecule has 0 fully saturated rings. The lowest BCUT2D eigenvalue weighted by atomic mass is 10.2. The number of carbonyl (C=O) groups is 1. The van der Waals surface area contributed by atoms with E-state index in [2.05, 4.69) is 10.5 Å². The number of rotatable bonds is 1. The summed E-state index contributed by atoms with van der Waals surface area (Å²) >= 11 is 7.18. The summed E-state index contributed by atoms with van der Waals surface area (Å²) in [6.45, 7) is 0. The normalized spacial score (nSPS) is 16.1. The molecule has 1 heterocycles. The van der Waals surface area contributed by atoms with Gasteiger partial charge in [0.25, 0.3) is 5.91 Å². The van der Waals surface area contributed by atoms with Crippen molar-refractivity contribution in [3.63, 3.8) is 0 Å². The molecule has 0 spiro atoms. The van der Waals surface area contributed by atoms with Crippen LogP contribution in [0.25, 0.3) is 0 Å². The molecular weight excluding hydrogens is 220 g/mol. The van der Waals surface area contributed by atoms with E-state index in [1.165, 1.54) is 11.8 Å². The fourth-order valence-corrected chi connectivity index (χ4v) is 1.92. The molecule has 0 radical (unpaired) electrons. The Morgan fingerprint density at radius 2 is 2.07 bits per heavy atom. The number of thioether (sulfide) groups is 1. The lowest BCUT2D eigenvalue weighted by Crippen LogP contribution is -2.26. The molecule has 2 rings (SSSR count). The van der Waals surface area contributed by atoms with E-state index in [0.717, 1.165) is 10.6 Å². The van der Waals surface area contributed by atoms with E-state index in [4.69, 9.17) is 11.6 Å². The van der Waals surface area contributed by atoms with E-state index < -0.39 is 0 Å². The van der Waals surface area contributed by atoms with Gasteiger partial charge in [0.15, 0.2) is 0 Å². The van der Waals surface area contributed by atoms with Gasteiger partial charge in [0.05, 0.1) is 5.75 Å². The van der Waals surface area contributed by atoms with Crippen LogP contribution < -0.4 is 5.43 Å². The number of nitrogens with one attached hydrogen (secondary N) is 1. The summed E-state index contributed by atoms with van der Waals surface area (Å²) in [5.74, 6) is 0.356. The lowest BCUT2D eigenvalue weighted by Gasteiger charge is -2.11. The van der Waals surface area contributed by atoms with Gasteiger partial charge >= 0.3 is 0 Å². The quantitative estimate of drug-likeness (QED) is 0.794. The molecule has 1 aromatic carbocycles. The van der Waals surface area contributed by atoms with Gasteiger partial charge in [-0.2, -0.15) is 5.10 Å². The number of amides is 1. The third-order valence-corrected chi connectivity index (χ3v) is 2.97. The van der Waals surface area contributed by atoms with Crippen LogP contribution in [0.1, 0.15) is 5.56 Å². The maximum Gasteiger partial charge on any atom is 0.250 e. The smallest absolute Gasteiger partial charge is 0.250 e. The molecule has 0 saturated heterocycles. The van der Waals surface area contributed by atoms with Gasteiger partial charge in [-0.3, -0.25) is 4.79 Å². The van der Waals surface area contributed by atoms with Crippen LogP contribution in [0.2, 0.25) is 5.02 Å². The Balaban J connectivity index is 2.23. The van der Waals surface area contributed by atoms with Crippen LogP contribution in [0.3, 0.4) is 0 Å². The van der Waals surface area contributed by atoms with Gasteiger partial charge in [0.2, 0.25) is 0 Å². The zero-order chi connectivity index (χ0) is 9.97. The molecule has 5 heteroatoms. The van der Waals surface area contributed by atoms with Crippen LogP contribution >= 0.6 is 23.4 Å². The first-order valence-electron chi connectivity index (χ1n) is 4.01. The van der Waals surface area contributed by atoms with E-state index in [1.807, 2.05) is 12.1 Å². The van der Waals surface area contributed by atoms with Crippen molar-refractivity contribution >= 4 is 34.3 Å². The van der Waals surface area contributed by atoms with Gasteiger partial charge < -0.3 is 0 Å². The molecule has 3 nitrogen and oxygen atoms in total. The molecule has 0 aromatic heterocycles. The fraction of sp³-hybridized carbons (Fsp3) is 0.111. The number of halogens is 1. The minimum absolute atomic E-state index is 0.0623. The topological polar surface area (TPSA) is 41.5 Å². The Kier molecular flexibility index (Phi) is 2.74. The third kappa shape index (κ3) is 2.08. The third-order valence-electron chi connectivity index (χ3n) is 1.71. The summed E-state index contributed by atoms with van der Waals surface area (Å²) in [6.07, 6.45) is 0. The number of carbonyl (C=O) groups excluding carboxylic acids is 1. The summed E-state index contributed by atoms with van der Waals surface area (Å²) in [7, 11) is 0. The van der Waals surface area contributed by atoms with E-state index >= 15 is 0 Å². The van der Waals surface area contributed by atoms with Crippen molar-refractivity contribution in [1.29, 1.82) is 0 Å². The molecular formula is C9H7ClN2OS. The average Bonchev–Trinajstić information content (AvgIpc) is 2.21. The van der Waals surface area contributed by atoms with Gasteiger partial charge in [0, 0.05) is 10.6 Å².